The largest absolute Gasteiger partial charge is 0.394 e. The molecule has 1 aliphatic rings. The van der Waals surface area contributed by atoms with E-state index in [0.29, 0.717) is 12.8 Å². The number of hydrogen-bond acceptors (Lipinski definition) is 7. The van der Waals surface area contributed by atoms with Gasteiger partial charge >= 0.3 is 0 Å². The monoisotopic (exact) mass is 402 g/mol. The zero-order valence-corrected chi connectivity index (χ0v) is 17.5. The highest BCUT2D eigenvalue weighted by atomic mass is 16.5. The Bertz CT molecular complexity index is 521. The molecule has 1 aliphatic heterocycles. The van der Waals surface area contributed by atoms with Gasteiger partial charge in [-0.15, -0.1) is 0 Å². The van der Waals surface area contributed by atoms with Crippen molar-refractivity contribution in [2.24, 2.45) is 5.92 Å². The Morgan fingerprint density at radius 3 is 2.11 bits per heavy atom. The quantitative estimate of drug-likeness (QED) is 0.296. The Balaban J connectivity index is 2.80. The van der Waals surface area contributed by atoms with Crippen LogP contribution in [0.1, 0.15) is 53.4 Å². The minimum absolute atomic E-state index is 0.0425. The molecule has 0 spiro atoms. The first-order valence-corrected chi connectivity index (χ1v) is 9.97. The zero-order valence-electron chi connectivity index (χ0n) is 17.5. The maximum Gasteiger partial charge on any atom is 0.111 e. The SMILES string of the molecule is C/C(=C\CO)CC/C=C(\C)CCC([C@@H]1O[C@H](CO)[C@@H](O)[C@H](O)[C@H]1O)C(C)(C)O. The first-order chi connectivity index (χ1) is 13.0. The Morgan fingerprint density at radius 2 is 1.57 bits per heavy atom. The normalized spacial score (nSPS) is 31.1. The molecule has 1 rings (SSSR count). The molecule has 0 saturated carbocycles. The molecule has 1 unspecified atom stereocenters. The molecule has 0 aliphatic carbocycles. The molecular weight excluding hydrogens is 364 g/mol. The van der Waals surface area contributed by atoms with Crippen molar-refractivity contribution < 1.29 is 35.4 Å². The van der Waals surface area contributed by atoms with Gasteiger partial charge in [0.25, 0.3) is 0 Å². The lowest BCUT2D eigenvalue weighted by Crippen LogP contribution is -2.62. The van der Waals surface area contributed by atoms with Crippen molar-refractivity contribution in [1.82, 2.24) is 0 Å². The van der Waals surface area contributed by atoms with Crippen LogP contribution in [0.2, 0.25) is 0 Å². The summed E-state index contributed by atoms with van der Waals surface area (Å²) in [6.07, 6.45) is 0.701. The summed E-state index contributed by atoms with van der Waals surface area (Å²) in [5.41, 5.74) is 1.08. The van der Waals surface area contributed by atoms with Gasteiger partial charge in [0.2, 0.25) is 0 Å². The summed E-state index contributed by atoms with van der Waals surface area (Å²) in [6.45, 7) is 6.78. The third kappa shape index (κ3) is 7.22. The number of rotatable bonds is 10. The fraction of sp³-hybridized carbons (Fsp3) is 0.810. The first kappa shape index (κ1) is 25.2. The van der Waals surface area contributed by atoms with Crippen LogP contribution in [0.15, 0.2) is 23.3 Å². The summed E-state index contributed by atoms with van der Waals surface area (Å²) in [5, 5.41) is 59.4. The predicted octanol–water partition coefficient (Wildman–Crippen LogP) is 0.661. The molecule has 0 amide bonds. The summed E-state index contributed by atoms with van der Waals surface area (Å²) in [6, 6.07) is 0. The van der Waals surface area contributed by atoms with Gasteiger partial charge in [0.1, 0.15) is 24.4 Å². The minimum atomic E-state index is -1.45. The van der Waals surface area contributed by atoms with Crippen LogP contribution in [0.25, 0.3) is 0 Å². The molecule has 0 radical (unpaired) electrons. The van der Waals surface area contributed by atoms with Crippen molar-refractivity contribution in [2.75, 3.05) is 13.2 Å². The average molecular weight is 403 g/mol. The number of aliphatic hydroxyl groups is 6. The van der Waals surface area contributed by atoms with Crippen molar-refractivity contribution in [3.8, 4) is 0 Å². The summed E-state index contributed by atoms with van der Waals surface area (Å²) in [4.78, 5) is 0. The average Bonchev–Trinajstić information content (AvgIpc) is 2.60. The Morgan fingerprint density at radius 1 is 0.964 bits per heavy atom. The van der Waals surface area contributed by atoms with Crippen LogP contribution in [-0.4, -0.2) is 80.0 Å². The van der Waals surface area contributed by atoms with E-state index in [1.54, 1.807) is 19.9 Å². The van der Waals surface area contributed by atoms with Crippen LogP contribution < -0.4 is 0 Å². The van der Waals surface area contributed by atoms with Crippen LogP contribution in [0.4, 0.5) is 0 Å². The lowest BCUT2D eigenvalue weighted by molar-refractivity contribution is -0.254. The molecular formula is C21H38O7. The zero-order chi connectivity index (χ0) is 21.5. The standard InChI is InChI=1S/C21H38O7/c1-13(6-5-7-14(2)10-11-22)8-9-15(21(3,4)27)20-19(26)18(25)17(24)16(12-23)28-20/h6,10,15-20,22-27H,5,7-9,11-12H2,1-4H3/b13-6+,14-10+/t15?,16-,17-,18+,19-,20+/m1/s1. The van der Waals surface area contributed by atoms with Crippen molar-refractivity contribution in [3.05, 3.63) is 23.3 Å². The summed E-state index contributed by atoms with van der Waals surface area (Å²) in [5.74, 6) is -0.502. The minimum Gasteiger partial charge on any atom is -0.394 e. The first-order valence-electron chi connectivity index (χ1n) is 9.97. The van der Waals surface area contributed by atoms with E-state index in [-0.39, 0.29) is 6.61 Å². The van der Waals surface area contributed by atoms with Gasteiger partial charge < -0.3 is 35.4 Å². The smallest absolute Gasteiger partial charge is 0.111 e. The van der Waals surface area contributed by atoms with Gasteiger partial charge in [-0.3, -0.25) is 0 Å². The molecule has 28 heavy (non-hydrogen) atoms. The second-order valence-corrected chi connectivity index (χ2v) is 8.41. The van der Waals surface area contributed by atoms with Crippen molar-refractivity contribution in [2.45, 2.75) is 89.5 Å². The molecule has 6 atom stereocenters. The van der Waals surface area contributed by atoms with Crippen molar-refractivity contribution in [3.63, 3.8) is 0 Å². The Hall–Kier alpha value is -0.800. The molecule has 0 aromatic rings. The number of allylic oxidation sites excluding steroid dienone is 3. The lowest BCUT2D eigenvalue weighted by atomic mass is 9.76. The maximum atomic E-state index is 10.6. The third-order valence-corrected chi connectivity index (χ3v) is 5.55. The molecule has 1 heterocycles. The van der Waals surface area contributed by atoms with Gasteiger partial charge in [-0.05, 0) is 53.4 Å². The van der Waals surface area contributed by atoms with E-state index in [1.165, 1.54) is 0 Å². The number of hydrogen-bond donors (Lipinski definition) is 6. The van der Waals surface area contributed by atoms with E-state index >= 15 is 0 Å². The van der Waals surface area contributed by atoms with E-state index in [2.05, 4.69) is 6.08 Å². The fourth-order valence-corrected chi connectivity index (χ4v) is 3.67. The molecule has 0 aromatic carbocycles. The van der Waals surface area contributed by atoms with E-state index in [1.807, 2.05) is 13.8 Å². The van der Waals surface area contributed by atoms with E-state index in [4.69, 9.17) is 9.84 Å². The van der Waals surface area contributed by atoms with E-state index in [0.717, 1.165) is 24.0 Å². The Labute approximate surface area is 168 Å². The van der Waals surface area contributed by atoms with Gasteiger partial charge in [0.05, 0.1) is 24.9 Å². The van der Waals surface area contributed by atoms with Crippen molar-refractivity contribution in [1.29, 1.82) is 0 Å². The fourth-order valence-electron chi connectivity index (χ4n) is 3.67. The third-order valence-electron chi connectivity index (χ3n) is 5.55. The van der Waals surface area contributed by atoms with Crippen LogP contribution in [0.5, 0.6) is 0 Å². The molecule has 0 aromatic heterocycles. The molecule has 1 saturated heterocycles. The molecule has 164 valence electrons. The topological polar surface area (TPSA) is 131 Å². The summed E-state index contributed by atoms with van der Waals surface area (Å²) >= 11 is 0. The second kappa shape index (κ2) is 11.4. The van der Waals surface area contributed by atoms with E-state index < -0.39 is 48.6 Å². The molecule has 7 heteroatoms. The molecule has 6 N–H and O–H groups in total. The van der Waals surface area contributed by atoms with E-state index in [9.17, 15) is 25.5 Å². The van der Waals surface area contributed by atoms with Gasteiger partial charge in [0.15, 0.2) is 0 Å². The molecule has 1 fully saturated rings. The lowest BCUT2D eigenvalue weighted by Gasteiger charge is -2.46. The van der Waals surface area contributed by atoms with Crippen molar-refractivity contribution >= 4 is 0 Å². The summed E-state index contributed by atoms with van der Waals surface area (Å²) in [7, 11) is 0. The van der Waals surface area contributed by atoms with Gasteiger partial charge in [-0.2, -0.15) is 0 Å². The Kier molecular flexibility index (Phi) is 10.3. The van der Waals surface area contributed by atoms with Crippen LogP contribution in [0.3, 0.4) is 0 Å². The molecule has 7 nitrogen and oxygen atoms in total. The van der Waals surface area contributed by atoms with Crippen LogP contribution in [0, 0.1) is 5.92 Å². The second-order valence-electron chi connectivity index (χ2n) is 8.41. The highest BCUT2D eigenvalue weighted by Crippen LogP contribution is 2.35. The number of ether oxygens (including phenoxy) is 1. The molecule has 0 bridgehead atoms. The highest BCUT2D eigenvalue weighted by Gasteiger charge is 2.49. The van der Waals surface area contributed by atoms with Gasteiger partial charge in [0, 0.05) is 5.92 Å². The highest BCUT2D eigenvalue weighted by molar-refractivity contribution is 5.05. The van der Waals surface area contributed by atoms with Crippen LogP contribution >= 0.6 is 0 Å². The summed E-state index contributed by atoms with van der Waals surface area (Å²) < 4.78 is 5.67. The number of aliphatic hydroxyl groups excluding tert-OH is 5. The van der Waals surface area contributed by atoms with Crippen LogP contribution in [-0.2, 0) is 4.74 Å². The van der Waals surface area contributed by atoms with Gasteiger partial charge in [-0.1, -0.05) is 23.3 Å². The van der Waals surface area contributed by atoms with Gasteiger partial charge in [-0.25, -0.2) is 0 Å². The predicted molar refractivity (Wildman–Crippen MR) is 107 cm³/mol. The maximum absolute atomic E-state index is 10.6.